The Kier molecular flexibility index (Phi) is 5.25. The first-order valence-corrected chi connectivity index (χ1v) is 7.17. The summed E-state index contributed by atoms with van der Waals surface area (Å²) in [6.07, 6.45) is 0. The highest BCUT2D eigenvalue weighted by molar-refractivity contribution is 7.94. The summed E-state index contributed by atoms with van der Waals surface area (Å²) in [7, 11) is 1.33. The number of carbonyl (C=O) groups excluding carboxylic acids is 1. The predicted molar refractivity (Wildman–Crippen MR) is 84.0 cm³/mol. The Labute approximate surface area is 128 Å². The molecule has 0 amide bonds. The van der Waals surface area contributed by atoms with Gasteiger partial charge in [-0.15, -0.1) is 0 Å². The van der Waals surface area contributed by atoms with Crippen LogP contribution in [0, 0.1) is 6.92 Å². The molecule has 5 heteroatoms. The van der Waals surface area contributed by atoms with Gasteiger partial charge in [-0.25, -0.2) is 4.79 Å². The van der Waals surface area contributed by atoms with E-state index >= 15 is 0 Å². The zero-order valence-electron chi connectivity index (χ0n) is 12.0. The number of hydrogen-bond donors (Lipinski definition) is 1. The molecule has 0 aliphatic heterocycles. The van der Waals surface area contributed by atoms with Crippen molar-refractivity contribution in [2.24, 2.45) is 0 Å². The van der Waals surface area contributed by atoms with Crippen molar-refractivity contribution in [3.8, 4) is 0 Å². The molecular formula is C16H17NO3S. The molecule has 0 saturated heterocycles. The van der Waals surface area contributed by atoms with Crippen LogP contribution in [0.15, 0.2) is 47.4 Å². The van der Waals surface area contributed by atoms with Crippen LogP contribution in [0.3, 0.4) is 0 Å². The van der Waals surface area contributed by atoms with Crippen molar-refractivity contribution in [3.63, 3.8) is 0 Å². The van der Waals surface area contributed by atoms with Crippen LogP contribution in [0.2, 0.25) is 0 Å². The van der Waals surface area contributed by atoms with E-state index in [1.807, 2.05) is 31.2 Å². The van der Waals surface area contributed by atoms with Crippen molar-refractivity contribution >= 4 is 23.7 Å². The lowest BCUT2D eigenvalue weighted by Gasteiger charge is -2.07. The van der Waals surface area contributed by atoms with Crippen molar-refractivity contribution in [1.29, 1.82) is 0 Å². The summed E-state index contributed by atoms with van der Waals surface area (Å²) in [6, 6.07) is 13.3. The average Bonchev–Trinajstić information content (AvgIpc) is 2.49. The molecular weight excluding hydrogens is 286 g/mol. The summed E-state index contributed by atoms with van der Waals surface area (Å²) in [6.45, 7) is 2.45. The first-order valence-electron chi connectivity index (χ1n) is 6.43. The van der Waals surface area contributed by atoms with Gasteiger partial charge in [-0.2, -0.15) is 0 Å². The number of nitrogens with two attached hydrogens (primary N) is 1. The summed E-state index contributed by atoms with van der Waals surface area (Å²) >= 11 is 1.31. The zero-order valence-corrected chi connectivity index (χ0v) is 12.8. The molecule has 0 aliphatic carbocycles. The molecule has 0 saturated carbocycles. The number of carbonyl (C=O) groups is 1. The van der Waals surface area contributed by atoms with Crippen molar-refractivity contribution in [2.75, 3.05) is 12.8 Å². The molecule has 0 bridgehead atoms. The van der Waals surface area contributed by atoms with E-state index in [0.29, 0.717) is 17.9 Å². The van der Waals surface area contributed by atoms with Crippen LogP contribution in [-0.4, -0.2) is 13.1 Å². The second-order valence-electron chi connectivity index (χ2n) is 4.57. The van der Waals surface area contributed by atoms with Gasteiger partial charge in [-0.1, -0.05) is 23.8 Å². The van der Waals surface area contributed by atoms with Crippen LogP contribution < -0.4 is 5.73 Å². The molecule has 0 aromatic heterocycles. The first kappa shape index (κ1) is 15.4. The lowest BCUT2D eigenvalue weighted by atomic mass is 10.1. The van der Waals surface area contributed by atoms with Gasteiger partial charge in [0.2, 0.25) is 0 Å². The van der Waals surface area contributed by atoms with Crippen molar-refractivity contribution < 1.29 is 13.7 Å². The van der Waals surface area contributed by atoms with Gasteiger partial charge in [0.1, 0.15) is 0 Å². The molecule has 2 aromatic rings. The standard InChI is InChI=1S/C16H17NO3S/c1-11-3-6-13(7-4-11)21-20-10-12-5-8-14(15(17)9-12)16(18)19-2/h3-9H,10,17H2,1-2H3. The molecule has 110 valence electrons. The van der Waals surface area contributed by atoms with Crippen LogP contribution >= 0.6 is 12.0 Å². The maximum atomic E-state index is 11.4. The van der Waals surface area contributed by atoms with Gasteiger partial charge in [0.25, 0.3) is 0 Å². The molecule has 0 unspecified atom stereocenters. The fraction of sp³-hybridized carbons (Fsp3) is 0.188. The topological polar surface area (TPSA) is 61.5 Å². The number of rotatable bonds is 5. The molecule has 2 aromatic carbocycles. The summed E-state index contributed by atoms with van der Waals surface area (Å²) < 4.78 is 10.2. The first-order chi connectivity index (χ1) is 10.1. The largest absolute Gasteiger partial charge is 0.465 e. The monoisotopic (exact) mass is 303 g/mol. The van der Waals surface area contributed by atoms with Gasteiger partial charge in [0, 0.05) is 22.6 Å². The fourth-order valence-electron chi connectivity index (χ4n) is 1.76. The van der Waals surface area contributed by atoms with Gasteiger partial charge in [0.15, 0.2) is 0 Å². The maximum absolute atomic E-state index is 11.4. The maximum Gasteiger partial charge on any atom is 0.339 e. The SMILES string of the molecule is COC(=O)c1ccc(COSc2ccc(C)cc2)cc1N. The van der Waals surface area contributed by atoms with Gasteiger partial charge in [-0.3, -0.25) is 0 Å². The number of esters is 1. The van der Waals surface area contributed by atoms with Gasteiger partial charge in [0.05, 0.1) is 19.3 Å². The van der Waals surface area contributed by atoms with E-state index in [4.69, 9.17) is 9.92 Å². The Morgan fingerprint density at radius 3 is 2.52 bits per heavy atom. The smallest absolute Gasteiger partial charge is 0.339 e. The number of benzene rings is 2. The summed E-state index contributed by atoms with van der Waals surface area (Å²) in [4.78, 5) is 12.5. The molecule has 0 spiro atoms. The number of ether oxygens (including phenoxy) is 1. The summed E-state index contributed by atoms with van der Waals surface area (Å²) in [5.41, 5.74) is 8.71. The Morgan fingerprint density at radius 2 is 1.90 bits per heavy atom. The van der Waals surface area contributed by atoms with E-state index in [-0.39, 0.29) is 0 Å². The second-order valence-corrected chi connectivity index (χ2v) is 5.45. The highest BCUT2D eigenvalue weighted by Gasteiger charge is 2.10. The third kappa shape index (κ3) is 4.24. The Morgan fingerprint density at radius 1 is 1.19 bits per heavy atom. The van der Waals surface area contributed by atoms with Crippen molar-refractivity contribution in [3.05, 3.63) is 59.2 Å². The fourth-order valence-corrected chi connectivity index (χ4v) is 2.34. The number of aryl methyl sites for hydroxylation is 1. The van der Waals surface area contributed by atoms with Gasteiger partial charge >= 0.3 is 5.97 Å². The molecule has 0 atom stereocenters. The lowest BCUT2D eigenvalue weighted by molar-refractivity contribution is 0.0602. The molecule has 0 aliphatic rings. The number of hydrogen-bond acceptors (Lipinski definition) is 5. The molecule has 0 heterocycles. The van der Waals surface area contributed by atoms with Gasteiger partial charge in [-0.05, 0) is 36.8 Å². The predicted octanol–water partition coefficient (Wildman–Crippen LogP) is 3.59. The highest BCUT2D eigenvalue weighted by Crippen LogP contribution is 2.22. The van der Waals surface area contributed by atoms with E-state index in [9.17, 15) is 4.79 Å². The van der Waals surface area contributed by atoms with Crippen LogP contribution in [0.1, 0.15) is 21.5 Å². The average molecular weight is 303 g/mol. The Hall–Kier alpha value is -1.98. The van der Waals surface area contributed by atoms with Crippen LogP contribution in [-0.2, 0) is 15.5 Å². The van der Waals surface area contributed by atoms with E-state index in [1.54, 1.807) is 18.2 Å². The molecule has 21 heavy (non-hydrogen) atoms. The summed E-state index contributed by atoms with van der Waals surface area (Å²) in [5, 5.41) is 0. The zero-order chi connectivity index (χ0) is 15.2. The van der Waals surface area contributed by atoms with E-state index in [1.165, 1.54) is 24.7 Å². The van der Waals surface area contributed by atoms with E-state index in [2.05, 4.69) is 4.74 Å². The normalized spacial score (nSPS) is 10.4. The molecule has 0 fully saturated rings. The summed E-state index contributed by atoms with van der Waals surface area (Å²) in [5.74, 6) is -0.436. The number of anilines is 1. The van der Waals surface area contributed by atoms with E-state index in [0.717, 1.165) is 10.5 Å². The van der Waals surface area contributed by atoms with Crippen molar-refractivity contribution in [2.45, 2.75) is 18.4 Å². The third-order valence-corrected chi connectivity index (χ3v) is 3.62. The Bertz CT molecular complexity index is 626. The van der Waals surface area contributed by atoms with Crippen LogP contribution in [0.25, 0.3) is 0 Å². The van der Waals surface area contributed by atoms with E-state index < -0.39 is 5.97 Å². The van der Waals surface area contributed by atoms with Crippen LogP contribution in [0.4, 0.5) is 5.69 Å². The molecule has 2 rings (SSSR count). The minimum Gasteiger partial charge on any atom is -0.465 e. The minimum absolute atomic E-state index is 0.368. The molecule has 2 N–H and O–H groups in total. The quantitative estimate of drug-likeness (QED) is 0.519. The molecule has 4 nitrogen and oxygen atoms in total. The third-order valence-electron chi connectivity index (χ3n) is 2.92. The molecule has 0 radical (unpaired) electrons. The lowest BCUT2D eigenvalue weighted by Crippen LogP contribution is -2.06. The highest BCUT2D eigenvalue weighted by atomic mass is 32.2. The Balaban J connectivity index is 1.93. The van der Waals surface area contributed by atoms with Crippen molar-refractivity contribution in [1.82, 2.24) is 0 Å². The minimum atomic E-state index is -0.436. The van der Waals surface area contributed by atoms with Crippen LogP contribution in [0.5, 0.6) is 0 Å². The number of methoxy groups -OCH3 is 1. The van der Waals surface area contributed by atoms with Gasteiger partial charge < -0.3 is 14.7 Å². The number of nitrogen functional groups attached to an aromatic ring is 1. The second kappa shape index (κ2) is 7.15.